The molecule has 0 nitrogen and oxygen atoms in total. The Labute approximate surface area is 106 Å². The topological polar surface area (TPSA) is 0 Å². The molecule has 0 aliphatic carbocycles. The summed E-state index contributed by atoms with van der Waals surface area (Å²) in [5.74, 6) is 0. The quantitative estimate of drug-likeness (QED) is 0.621. The van der Waals surface area contributed by atoms with Gasteiger partial charge in [-0.1, -0.05) is 44.0 Å². The third kappa shape index (κ3) is 2.31. The van der Waals surface area contributed by atoms with Crippen molar-refractivity contribution in [3.8, 4) is 0 Å². The van der Waals surface area contributed by atoms with Gasteiger partial charge in [-0.25, -0.2) is 0 Å². The molecule has 0 amide bonds. The van der Waals surface area contributed by atoms with Gasteiger partial charge in [0.05, 0.1) is 0 Å². The van der Waals surface area contributed by atoms with Crippen molar-refractivity contribution in [3.63, 3.8) is 0 Å². The second kappa shape index (κ2) is 4.49. The molecular formula is C14H15W-. The Morgan fingerprint density at radius 2 is 1.60 bits per heavy atom. The van der Waals surface area contributed by atoms with E-state index in [1.54, 1.807) is 0 Å². The van der Waals surface area contributed by atoms with Gasteiger partial charge in [0.25, 0.3) is 0 Å². The van der Waals surface area contributed by atoms with Crippen LogP contribution < -0.4 is 0 Å². The van der Waals surface area contributed by atoms with Crippen molar-refractivity contribution in [2.24, 2.45) is 0 Å². The molecule has 0 saturated carbocycles. The zero-order chi connectivity index (χ0) is 10.3. The fourth-order valence-electron chi connectivity index (χ4n) is 2.25. The summed E-state index contributed by atoms with van der Waals surface area (Å²) in [7, 11) is 0. The first-order valence-electron chi connectivity index (χ1n) is 4.98. The summed E-state index contributed by atoms with van der Waals surface area (Å²) in [5, 5.41) is 2.71. The molecule has 78 valence electrons. The summed E-state index contributed by atoms with van der Waals surface area (Å²) < 4.78 is 0. The molecule has 0 fully saturated rings. The van der Waals surface area contributed by atoms with E-state index in [4.69, 9.17) is 0 Å². The molecule has 0 bridgehead atoms. The molecule has 0 radical (unpaired) electrons. The molecule has 0 heterocycles. The Morgan fingerprint density at radius 1 is 0.933 bits per heavy atom. The van der Waals surface area contributed by atoms with Crippen LogP contribution in [0.2, 0.25) is 0 Å². The van der Waals surface area contributed by atoms with E-state index in [1.165, 1.54) is 33.0 Å². The van der Waals surface area contributed by atoms with Gasteiger partial charge in [0.2, 0.25) is 0 Å². The van der Waals surface area contributed by atoms with Crippen molar-refractivity contribution < 1.29 is 21.1 Å². The summed E-state index contributed by atoms with van der Waals surface area (Å²) in [6, 6.07) is 10.1. The summed E-state index contributed by atoms with van der Waals surface area (Å²) in [4.78, 5) is 0. The van der Waals surface area contributed by atoms with Gasteiger partial charge in [-0.2, -0.15) is 23.3 Å². The maximum Gasteiger partial charge on any atom is 0 e. The standard InChI is InChI=1S/C14H15.W/c1-9-5-11(3)14-12(4)6-10(2)8-13(14)7-9;/h5,7-8H,1-4H3;/q-1;. The first-order valence-corrected chi connectivity index (χ1v) is 4.98. The average molecular weight is 367 g/mol. The van der Waals surface area contributed by atoms with E-state index in [1.807, 2.05) is 0 Å². The Morgan fingerprint density at radius 3 is 2.27 bits per heavy atom. The van der Waals surface area contributed by atoms with Crippen LogP contribution in [0.3, 0.4) is 0 Å². The van der Waals surface area contributed by atoms with Crippen molar-refractivity contribution in [2.75, 3.05) is 0 Å². The van der Waals surface area contributed by atoms with E-state index in [-0.39, 0.29) is 21.1 Å². The Kier molecular flexibility index (Phi) is 3.73. The normalized spacial score (nSPS) is 10.1. The second-order valence-corrected chi connectivity index (χ2v) is 4.12. The van der Waals surface area contributed by atoms with Gasteiger partial charge in [0.1, 0.15) is 0 Å². The Hall–Kier alpha value is -0.612. The Balaban J connectivity index is 0.00000112. The van der Waals surface area contributed by atoms with Crippen LogP contribution in [0.15, 0.2) is 18.2 Å². The van der Waals surface area contributed by atoms with E-state index in [0.29, 0.717) is 0 Å². The van der Waals surface area contributed by atoms with Crippen molar-refractivity contribution in [3.05, 3.63) is 46.5 Å². The first-order chi connectivity index (χ1) is 6.58. The molecule has 2 aromatic carbocycles. The molecule has 2 aromatic rings. The molecule has 0 atom stereocenters. The van der Waals surface area contributed by atoms with Gasteiger partial charge < -0.3 is 0 Å². The molecule has 15 heavy (non-hydrogen) atoms. The van der Waals surface area contributed by atoms with E-state index in [9.17, 15) is 0 Å². The third-order valence-corrected chi connectivity index (χ3v) is 2.64. The maximum atomic E-state index is 3.37. The predicted octanol–water partition coefficient (Wildman–Crippen LogP) is 3.87. The summed E-state index contributed by atoms with van der Waals surface area (Å²) >= 11 is 0. The number of hydrogen-bond donors (Lipinski definition) is 0. The number of fused-ring (bicyclic) bond motifs is 1. The van der Waals surface area contributed by atoms with E-state index >= 15 is 0 Å². The average Bonchev–Trinajstić information content (AvgIpc) is 1.99. The van der Waals surface area contributed by atoms with Gasteiger partial charge in [-0.05, 0) is 6.92 Å². The molecular weight excluding hydrogens is 352 g/mol. The maximum absolute atomic E-state index is 3.37. The van der Waals surface area contributed by atoms with Gasteiger partial charge in [0, 0.05) is 21.1 Å². The molecule has 0 aliphatic heterocycles. The molecule has 0 aliphatic rings. The molecule has 1 heteroatoms. The van der Waals surface area contributed by atoms with Gasteiger partial charge >= 0.3 is 0 Å². The zero-order valence-corrected chi connectivity index (χ0v) is 12.6. The van der Waals surface area contributed by atoms with Gasteiger partial charge in [-0.3, -0.25) is 0 Å². The van der Waals surface area contributed by atoms with Crippen molar-refractivity contribution in [2.45, 2.75) is 27.7 Å². The monoisotopic (exact) mass is 367 g/mol. The minimum Gasteiger partial charge on any atom is -0.177 e. The first kappa shape index (κ1) is 12.5. The van der Waals surface area contributed by atoms with Crippen LogP contribution in [0.4, 0.5) is 0 Å². The molecule has 2 rings (SSSR count). The number of benzene rings is 2. The van der Waals surface area contributed by atoms with Crippen molar-refractivity contribution in [1.82, 2.24) is 0 Å². The van der Waals surface area contributed by atoms with Crippen molar-refractivity contribution in [1.29, 1.82) is 0 Å². The minimum absolute atomic E-state index is 0. The molecule has 0 aromatic heterocycles. The number of hydrogen-bond acceptors (Lipinski definition) is 0. The van der Waals surface area contributed by atoms with Crippen molar-refractivity contribution >= 4 is 10.8 Å². The van der Waals surface area contributed by atoms with Crippen LogP contribution in [0.25, 0.3) is 10.8 Å². The predicted molar refractivity (Wildman–Crippen MR) is 61.7 cm³/mol. The second-order valence-electron chi connectivity index (χ2n) is 4.12. The fourth-order valence-corrected chi connectivity index (χ4v) is 2.25. The molecule has 0 saturated heterocycles. The van der Waals surface area contributed by atoms with E-state index in [0.717, 1.165) is 0 Å². The van der Waals surface area contributed by atoms with Crippen LogP contribution in [-0.4, -0.2) is 0 Å². The molecule has 0 N–H and O–H groups in total. The van der Waals surface area contributed by atoms with Crippen LogP contribution in [0.1, 0.15) is 22.3 Å². The smallest absolute Gasteiger partial charge is 0 e. The zero-order valence-electron chi connectivity index (χ0n) is 9.64. The van der Waals surface area contributed by atoms with E-state index in [2.05, 4.69) is 52.0 Å². The summed E-state index contributed by atoms with van der Waals surface area (Å²) in [5.41, 5.74) is 5.17. The van der Waals surface area contributed by atoms with Crippen LogP contribution in [0.5, 0.6) is 0 Å². The Bertz CT molecular complexity index is 455. The summed E-state index contributed by atoms with van der Waals surface area (Å²) in [6.45, 7) is 8.56. The van der Waals surface area contributed by atoms with Crippen LogP contribution in [0, 0.1) is 33.8 Å². The third-order valence-electron chi connectivity index (χ3n) is 2.64. The molecule has 0 unspecified atom stereocenters. The number of aryl methyl sites for hydroxylation is 4. The minimum atomic E-state index is 0. The van der Waals surface area contributed by atoms with Gasteiger partial charge in [-0.15, -0.1) is 10.8 Å². The number of rotatable bonds is 0. The summed E-state index contributed by atoms with van der Waals surface area (Å²) in [6.07, 6.45) is 0. The SMILES string of the molecule is Cc1[c-]c(C)c2c(C)cc(C)cc2c1.[W]. The fraction of sp³-hybridized carbons (Fsp3) is 0.286. The largest absolute Gasteiger partial charge is 0.177 e. The van der Waals surface area contributed by atoms with Gasteiger partial charge in [0.15, 0.2) is 0 Å². The van der Waals surface area contributed by atoms with Crippen LogP contribution in [-0.2, 0) is 21.1 Å². The van der Waals surface area contributed by atoms with Crippen LogP contribution >= 0.6 is 0 Å². The van der Waals surface area contributed by atoms with E-state index < -0.39 is 0 Å². The molecule has 0 spiro atoms.